The van der Waals surface area contributed by atoms with Gasteiger partial charge in [0.25, 0.3) is 5.91 Å². The third kappa shape index (κ3) is 3.64. The number of hydrogen-bond donors (Lipinski definition) is 2. The summed E-state index contributed by atoms with van der Waals surface area (Å²) >= 11 is 0. The lowest BCUT2D eigenvalue weighted by atomic mass is 10.1. The summed E-state index contributed by atoms with van der Waals surface area (Å²) in [4.78, 5) is 11.3. The minimum absolute atomic E-state index is 0.120. The molecule has 1 atom stereocenters. The van der Waals surface area contributed by atoms with Gasteiger partial charge in [-0.25, -0.2) is 0 Å². The number of carbonyl (C=O) groups is 1. The first kappa shape index (κ1) is 11.5. The minimum Gasteiger partial charge on any atom is -0.381 e. The average Bonchev–Trinajstić information content (AvgIpc) is 2.14. The first-order valence-corrected chi connectivity index (χ1v) is 5.12. The zero-order chi connectivity index (χ0) is 10.6. The molecule has 2 N–H and O–H groups in total. The SMILES string of the molecule is CC(C)(O)C(=O)NCC1CCCCO1. The Balaban J connectivity index is 2.22. The van der Waals surface area contributed by atoms with E-state index in [9.17, 15) is 9.90 Å². The highest BCUT2D eigenvalue weighted by Gasteiger charge is 2.24. The summed E-state index contributed by atoms with van der Waals surface area (Å²) < 4.78 is 5.44. The van der Waals surface area contributed by atoms with Crippen molar-refractivity contribution in [3.63, 3.8) is 0 Å². The van der Waals surface area contributed by atoms with E-state index >= 15 is 0 Å². The molecule has 1 aliphatic heterocycles. The molecule has 0 spiro atoms. The molecule has 0 saturated carbocycles. The molecule has 1 unspecified atom stereocenters. The lowest BCUT2D eigenvalue weighted by Crippen LogP contribution is -2.45. The van der Waals surface area contributed by atoms with E-state index in [-0.39, 0.29) is 12.0 Å². The van der Waals surface area contributed by atoms with Gasteiger partial charge in [0, 0.05) is 13.2 Å². The summed E-state index contributed by atoms with van der Waals surface area (Å²) in [7, 11) is 0. The topological polar surface area (TPSA) is 58.6 Å². The fourth-order valence-electron chi connectivity index (χ4n) is 1.39. The van der Waals surface area contributed by atoms with Crippen LogP contribution in [0, 0.1) is 0 Å². The Labute approximate surface area is 84.6 Å². The second-order valence-electron chi connectivity index (χ2n) is 4.26. The molecular formula is C10H19NO3. The van der Waals surface area contributed by atoms with Crippen LogP contribution < -0.4 is 5.32 Å². The minimum atomic E-state index is -1.30. The van der Waals surface area contributed by atoms with Gasteiger partial charge in [0.05, 0.1) is 6.10 Å². The van der Waals surface area contributed by atoms with E-state index < -0.39 is 5.60 Å². The van der Waals surface area contributed by atoms with Crippen LogP contribution in [0.3, 0.4) is 0 Å². The number of rotatable bonds is 3. The zero-order valence-electron chi connectivity index (χ0n) is 8.88. The summed E-state index contributed by atoms with van der Waals surface area (Å²) in [6.45, 7) is 4.24. The maximum absolute atomic E-state index is 11.3. The second kappa shape index (κ2) is 4.75. The van der Waals surface area contributed by atoms with Gasteiger partial charge in [0.1, 0.15) is 5.60 Å². The first-order chi connectivity index (χ1) is 6.50. The van der Waals surface area contributed by atoms with Crippen molar-refractivity contribution in [3.8, 4) is 0 Å². The van der Waals surface area contributed by atoms with Gasteiger partial charge in [-0.1, -0.05) is 0 Å². The molecule has 0 aromatic rings. The molecule has 4 nitrogen and oxygen atoms in total. The summed E-state index contributed by atoms with van der Waals surface area (Å²) in [5, 5.41) is 12.0. The molecule has 0 radical (unpaired) electrons. The number of carbonyl (C=O) groups excluding carboxylic acids is 1. The monoisotopic (exact) mass is 201 g/mol. The van der Waals surface area contributed by atoms with E-state index in [1.54, 1.807) is 0 Å². The maximum atomic E-state index is 11.3. The molecule has 1 heterocycles. The standard InChI is InChI=1S/C10H19NO3/c1-10(2,13)9(12)11-7-8-5-3-4-6-14-8/h8,13H,3-7H2,1-2H3,(H,11,12). The summed E-state index contributed by atoms with van der Waals surface area (Å²) in [6, 6.07) is 0. The number of nitrogens with one attached hydrogen (secondary N) is 1. The lowest BCUT2D eigenvalue weighted by molar-refractivity contribution is -0.137. The summed E-state index contributed by atoms with van der Waals surface area (Å²) in [5.74, 6) is -0.341. The Morgan fingerprint density at radius 3 is 2.79 bits per heavy atom. The van der Waals surface area contributed by atoms with Crippen molar-refractivity contribution in [1.82, 2.24) is 5.32 Å². The van der Waals surface area contributed by atoms with Gasteiger partial charge in [0.2, 0.25) is 0 Å². The fraction of sp³-hybridized carbons (Fsp3) is 0.900. The van der Waals surface area contributed by atoms with Crippen molar-refractivity contribution in [1.29, 1.82) is 0 Å². The third-order valence-electron chi connectivity index (χ3n) is 2.32. The van der Waals surface area contributed by atoms with Crippen LogP contribution in [0.2, 0.25) is 0 Å². The predicted molar refractivity (Wildman–Crippen MR) is 52.9 cm³/mol. The van der Waals surface area contributed by atoms with Crippen LogP contribution in [0.5, 0.6) is 0 Å². The van der Waals surface area contributed by atoms with Crippen LogP contribution in [-0.4, -0.2) is 35.9 Å². The highest BCUT2D eigenvalue weighted by atomic mass is 16.5. The quantitative estimate of drug-likeness (QED) is 0.696. The Morgan fingerprint density at radius 2 is 2.29 bits per heavy atom. The number of hydrogen-bond acceptors (Lipinski definition) is 3. The van der Waals surface area contributed by atoms with E-state index in [2.05, 4.69) is 5.32 Å². The zero-order valence-corrected chi connectivity index (χ0v) is 8.88. The Hall–Kier alpha value is -0.610. The van der Waals surface area contributed by atoms with Crippen molar-refractivity contribution in [2.24, 2.45) is 0 Å². The van der Waals surface area contributed by atoms with E-state index in [0.29, 0.717) is 6.54 Å². The van der Waals surface area contributed by atoms with E-state index in [1.807, 2.05) is 0 Å². The van der Waals surface area contributed by atoms with Crippen LogP contribution in [0.25, 0.3) is 0 Å². The largest absolute Gasteiger partial charge is 0.381 e. The van der Waals surface area contributed by atoms with Gasteiger partial charge < -0.3 is 15.2 Å². The number of aliphatic hydroxyl groups is 1. The Bertz CT molecular complexity index is 192. The van der Waals surface area contributed by atoms with Crippen LogP contribution in [0.1, 0.15) is 33.1 Å². The summed E-state index contributed by atoms with van der Waals surface area (Å²) in [6.07, 6.45) is 3.38. The highest BCUT2D eigenvalue weighted by Crippen LogP contribution is 2.11. The van der Waals surface area contributed by atoms with E-state index in [0.717, 1.165) is 25.9 Å². The van der Waals surface area contributed by atoms with Crippen LogP contribution in [-0.2, 0) is 9.53 Å². The number of ether oxygens (including phenoxy) is 1. The molecular weight excluding hydrogens is 182 g/mol. The molecule has 1 rings (SSSR count). The molecule has 14 heavy (non-hydrogen) atoms. The van der Waals surface area contributed by atoms with Crippen molar-refractivity contribution >= 4 is 5.91 Å². The molecule has 4 heteroatoms. The van der Waals surface area contributed by atoms with Crippen molar-refractivity contribution in [3.05, 3.63) is 0 Å². The van der Waals surface area contributed by atoms with Crippen molar-refractivity contribution in [2.75, 3.05) is 13.2 Å². The molecule has 1 saturated heterocycles. The highest BCUT2D eigenvalue weighted by molar-refractivity contribution is 5.83. The first-order valence-electron chi connectivity index (χ1n) is 5.12. The summed E-state index contributed by atoms with van der Waals surface area (Å²) in [5.41, 5.74) is -1.30. The third-order valence-corrected chi connectivity index (χ3v) is 2.32. The lowest BCUT2D eigenvalue weighted by Gasteiger charge is -2.24. The molecule has 82 valence electrons. The van der Waals surface area contributed by atoms with Gasteiger partial charge in [-0.3, -0.25) is 4.79 Å². The maximum Gasteiger partial charge on any atom is 0.251 e. The molecule has 1 fully saturated rings. The normalized spacial score (nSPS) is 23.2. The smallest absolute Gasteiger partial charge is 0.251 e. The number of amides is 1. The van der Waals surface area contributed by atoms with Crippen LogP contribution in [0.4, 0.5) is 0 Å². The molecule has 0 aliphatic carbocycles. The Morgan fingerprint density at radius 1 is 1.57 bits per heavy atom. The van der Waals surface area contributed by atoms with Crippen molar-refractivity contribution < 1.29 is 14.6 Å². The van der Waals surface area contributed by atoms with Gasteiger partial charge in [0.15, 0.2) is 0 Å². The van der Waals surface area contributed by atoms with Crippen molar-refractivity contribution in [2.45, 2.75) is 44.8 Å². The molecule has 0 bridgehead atoms. The van der Waals surface area contributed by atoms with E-state index in [4.69, 9.17) is 4.74 Å². The van der Waals surface area contributed by atoms with Gasteiger partial charge in [-0.2, -0.15) is 0 Å². The van der Waals surface area contributed by atoms with Gasteiger partial charge >= 0.3 is 0 Å². The molecule has 0 aromatic heterocycles. The van der Waals surface area contributed by atoms with Crippen LogP contribution >= 0.6 is 0 Å². The molecule has 1 amide bonds. The van der Waals surface area contributed by atoms with Gasteiger partial charge in [-0.05, 0) is 33.1 Å². The van der Waals surface area contributed by atoms with Crippen LogP contribution in [0.15, 0.2) is 0 Å². The predicted octanol–water partition coefficient (Wildman–Crippen LogP) is 0.443. The van der Waals surface area contributed by atoms with E-state index in [1.165, 1.54) is 13.8 Å². The molecule has 1 aliphatic rings. The van der Waals surface area contributed by atoms with Gasteiger partial charge in [-0.15, -0.1) is 0 Å². The fourth-order valence-corrected chi connectivity index (χ4v) is 1.39. The molecule has 0 aromatic carbocycles. The average molecular weight is 201 g/mol. The Kier molecular flexibility index (Phi) is 3.89. The second-order valence-corrected chi connectivity index (χ2v) is 4.26.